The van der Waals surface area contributed by atoms with Crippen molar-refractivity contribution in [3.63, 3.8) is 0 Å². The molecule has 1 N–H and O–H groups in total. The quantitative estimate of drug-likeness (QED) is 0.549. The van der Waals surface area contributed by atoms with Gasteiger partial charge in [0.25, 0.3) is 5.91 Å². The van der Waals surface area contributed by atoms with E-state index in [2.05, 4.69) is 15.5 Å². The van der Waals surface area contributed by atoms with Crippen LogP contribution in [0.5, 0.6) is 0 Å². The SMILES string of the molecule is Cc1ccc(-c2nnc(-c3ccc(C(=O)NCc4cccs4)cc3)o2)cc1. The molecular weight excluding hydrogens is 358 g/mol. The smallest absolute Gasteiger partial charge is 0.251 e. The average molecular weight is 375 g/mol. The summed E-state index contributed by atoms with van der Waals surface area (Å²) in [5.74, 6) is 0.791. The van der Waals surface area contributed by atoms with Crippen LogP contribution >= 0.6 is 11.3 Å². The first-order valence-corrected chi connectivity index (χ1v) is 9.38. The Balaban J connectivity index is 1.46. The van der Waals surface area contributed by atoms with Crippen LogP contribution in [0.3, 0.4) is 0 Å². The van der Waals surface area contributed by atoms with Crippen LogP contribution in [0.25, 0.3) is 22.9 Å². The second-order valence-corrected chi connectivity index (χ2v) is 7.15. The second-order valence-electron chi connectivity index (χ2n) is 6.12. The lowest BCUT2D eigenvalue weighted by Crippen LogP contribution is -2.22. The highest BCUT2D eigenvalue weighted by Gasteiger charge is 2.12. The molecule has 0 unspecified atom stereocenters. The van der Waals surface area contributed by atoms with Crippen LogP contribution in [0.4, 0.5) is 0 Å². The average Bonchev–Trinajstić information content (AvgIpc) is 3.39. The summed E-state index contributed by atoms with van der Waals surface area (Å²) >= 11 is 1.62. The van der Waals surface area contributed by atoms with Crippen LogP contribution in [0, 0.1) is 6.92 Å². The predicted molar refractivity (Wildman–Crippen MR) is 105 cm³/mol. The largest absolute Gasteiger partial charge is 0.416 e. The molecule has 1 amide bonds. The lowest BCUT2D eigenvalue weighted by molar-refractivity contribution is 0.0951. The number of carbonyl (C=O) groups excluding carboxylic acids is 1. The maximum atomic E-state index is 12.2. The lowest BCUT2D eigenvalue weighted by atomic mass is 10.1. The third-order valence-electron chi connectivity index (χ3n) is 4.12. The Morgan fingerprint density at radius 1 is 0.963 bits per heavy atom. The van der Waals surface area contributed by atoms with Gasteiger partial charge in [0.05, 0.1) is 6.54 Å². The third kappa shape index (κ3) is 3.96. The van der Waals surface area contributed by atoms with Gasteiger partial charge in [-0.1, -0.05) is 23.8 Å². The van der Waals surface area contributed by atoms with Crippen LogP contribution in [0.15, 0.2) is 70.5 Å². The molecule has 0 radical (unpaired) electrons. The molecule has 4 aromatic rings. The predicted octanol–water partition coefficient (Wildman–Crippen LogP) is 4.70. The zero-order valence-corrected chi connectivity index (χ0v) is 15.5. The molecule has 2 aromatic heterocycles. The molecule has 0 aliphatic heterocycles. The minimum absolute atomic E-state index is 0.110. The molecule has 0 fully saturated rings. The van der Waals surface area contributed by atoms with E-state index in [0.29, 0.717) is 23.9 Å². The normalized spacial score (nSPS) is 10.7. The number of nitrogens with one attached hydrogen (secondary N) is 1. The maximum Gasteiger partial charge on any atom is 0.251 e. The van der Waals surface area contributed by atoms with Crippen molar-refractivity contribution >= 4 is 17.2 Å². The van der Waals surface area contributed by atoms with Crippen molar-refractivity contribution in [2.75, 3.05) is 0 Å². The number of aryl methyl sites for hydroxylation is 1. The van der Waals surface area contributed by atoms with E-state index in [1.54, 1.807) is 23.5 Å². The maximum absolute atomic E-state index is 12.2. The Bertz CT molecular complexity index is 1040. The fourth-order valence-electron chi connectivity index (χ4n) is 2.60. The molecule has 0 saturated heterocycles. The molecule has 6 heteroatoms. The molecule has 0 bridgehead atoms. The number of hydrogen-bond acceptors (Lipinski definition) is 5. The number of amides is 1. The van der Waals surface area contributed by atoms with Gasteiger partial charge in [0, 0.05) is 21.6 Å². The summed E-state index contributed by atoms with van der Waals surface area (Å²) in [6.45, 7) is 2.56. The first-order chi connectivity index (χ1) is 13.2. The number of benzene rings is 2. The van der Waals surface area contributed by atoms with Crippen molar-refractivity contribution in [1.82, 2.24) is 15.5 Å². The fourth-order valence-corrected chi connectivity index (χ4v) is 3.24. The summed E-state index contributed by atoms with van der Waals surface area (Å²) in [5.41, 5.74) is 3.42. The van der Waals surface area contributed by atoms with Crippen LogP contribution in [0.1, 0.15) is 20.8 Å². The third-order valence-corrected chi connectivity index (χ3v) is 5.00. The number of thiophene rings is 1. The number of nitrogens with zero attached hydrogens (tertiary/aromatic N) is 2. The molecule has 5 nitrogen and oxygen atoms in total. The Morgan fingerprint density at radius 2 is 1.59 bits per heavy atom. The van der Waals surface area contributed by atoms with Gasteiger partial charge < -0.3 is 9.73 Å². The lowest BCUT2D eigenvalue weighted by Gasteiger charge is -2.04. The topological polar surface area (TPSA) is 68.0 Å². The number of hydrogen-bond donors (Lipinski definition) is 1. The van der Waals surface area contributed by atoms with Gasteiger partial charge in [-0.2, -0.15) is 0 Å². The van der Waals surface area contributed by atoms with Crippen molar-refractivity contribution in [2.45, 2.75) is 13.5 Å². The highest BCUT2D eigenvalue weighted by molar-refractivity contribution is 7.09. The first-order valence-electron chi connectivity index (χ1n) is 8.50. The monoisotopic (exact) mass is 375 g/mol. The molecule has 0 aliphatic carbocycles. The van der Waals surface area contributed by atoms with Crippen molar-refractivity contribution in [3.8, 4) is 22.9 Å². The zero-order valence-electron chi connectivity index (χ0n) is 14.7. The summed E-state index contributed by atoms with van der Waals surface area (Å²) < 4.78 is 5.77. The Morgan fingerprint density at radius 3 is 2.19 bits per heavy atom. The molecule has 0 atom stereocenters. The standard InChI is InChI=1S/C21H17N3O2S/c1-14-4-6-16(7-5-14)20-23-24-21(26-20)17-10-8-15(9-11-17)19(25)22-13-18-3-2-12-27-18/h2-12H,13H2,1H3,(H,22,25). The van der Waals surface area contributed by atoms with Crippen molar-refractivity contribution in [1.29, 1.82) is 0 Å². The Kier molecular flexibility index (Phi) is 4.80. The van der Waals surface area contributed by atoms with E-state index in [1.165, 1.54) is 5.56 Å². The van der Waals surface area contributed by atoms with Crippen LogP contribution in [0.2, 0.25) is 0 Å². The second kappa shape index (κ2) is 7.55. The van der Waals surface area contributed by atoms with E-state index in [-0.39, 0.29) is 5.91 Å². The fraction of sp³-hybridized carbons (Fsp3) is 0.0952. The molecular formula is C21H17N3O2S. The minimum atomic E-state index is -0.110. The Hall–Kier alpha value is -3.25. The van der Waals surface area contributed by atoms with E-state index in [9.17, 15) is 4.79 Å². The summed E-state index contributed by atoms with van der Waals surface area (Å²) in [7, 11) is 0. The molecule has 2 aromatic carbocycles. The molecule has 134 valence electrons. The number of aromatic nitrogens is 2. The molecule has 4 rings (SSSR count). The molecule has 2 heterocycles. The van der Waals surface area contributed by atoms with Crippen LogP contribution in [-0.4, -0.2) is 16.1 Å². The summed E-state index contributed by atoms with van der Waals surface area (Å²) in [5, 5.41) is 13.1. The molecule has 0 saturated carbocycles. The van der Waals surface area contributed by atoms with Crippen molar-refractivity contribution in [3.05, 3.63) is 82.0 Å². The van der Waals surface area contributed by atoms with Gasteiger partial charge in [0.2, 0.25) is 11.8 Å². The van der Waals surface area contributed by atoms with E-state index < -0.39 is 0 Å². The highest BCUT2D eigenvalue weighted by atomic mass is 32.1. The van der Waals surface area contributed by atoms with Gasteiger partial charge in [-0.3, -0.25) is 4.79 Å². The summed E-state index contributed by atoms with van der Waals surface area (Å²) in [6.07, 6.45) is 0. The summed E-state index contributed by atoms with van der Waals surface area (Å²) in [4.78, 5) is 13.4. The molecule has 0 aliphatic rings. The van der Waals surface area contributed by atoms with Crippen molar-refractivity contribution < 1.29 is 9.21 Å². The van der Waals surface area contributed by atoms with Crippen LogP contribution < -0.4 is 5.32 Å². The Labute approximate surface area is 160 Å². The minimum Gasteiger partial charge on any atom is -0.416 e. The van der Waals surface area contributed by atoms with Gasteiger partial charge in [0.1, 0.15) is 0 Å². The van der Waals surface area contributed by atoms with E-state index in [0.717, 1.165) is 16.0 Å². The molecule has 0 spiro atoms. The van der Waals surface area contributed by atoms with Gasteiger partial charge in [-0.15, -0.1) is 21.5 Å². The van der Waals surface area contributed by atoms with Gasteiger partial charge in [-0.05, 0) is 54.8 Å². The van der Waals surface area contributed by atoms with Gasteiger partial charge in [0.15, 0.2) is 0 Å². The molecule has 27 heavy (non-hydrogen) atoms. The first kappa shape index (κ1) is 17.2. The van der Waals surface area contributed by atoms with Gasteiger partial charge >= 0.3 is 0 Å². The number of rotatable bonds is 5. The van der Waals surface area contributed by atoms with E-state index in [4.69, 9.17) is 4.42 Å². The summed E-state index contributed by atoms with van der Waals surface area (Å²) in [6, 6.07) is 19.0. The van der Waals surface area contributed by atoms with Crippen molar-refractivity contribution in [2.24, 2.45) is 0 Å². The highest BCUT2D eigenvalue weighted by Crippen LogP contribution is 2.24. The van der Waals surface area contributed by atoms with Gasteiger partial charge in [-0.25, -0.2) is 0 Å². The zero-order chi connectivity index (χ0) is 18.6. The van der Waals surface area contributed by atoms with Crippen LogP contribution in [-0.2, 0) is 6.54 Å². The van der Waals surface area contributed by atoms with E-state index in [1.807, 2.05) is 60.8 Å². The van der Waals surface area contributed by atoms with E-state index >= 15 is 0 Å². The number of carbonyl (C=O) groups is 1.